The molecule has 0 rings (SSSR count). The van der Waals surface area contributed by atoms with Crippen LogP contribution in [0.5, 0.6) is 0 Å². The van der Waals surface area contributed by atoms with E-state index >= 15 is 0 Å². The van der Waals surface area contributed by atoms with E-state index in [1.54, 1.807) is 21.6 Å². The zero-order chi connectivity index (χ0) is 13.1. The fourth-order valence-electron chi connectivity index (χ4n) is 1.09. The van der Waals surface area contributed by atoms with E-state index in [0.29, 0.717) is 18.7 Å². The molecule has 4 nitrogen and oxygen atoms in total. The Morgan fingerprint density at radius 1 is 1.24 bits per heavy atom. The molecule has 0 heterocycles. The van der Waals surface area contributed by atoms with E-state index in [2.05, 4.69) is 10.6 Å². The molecule has 6 heteroatoms. The molecule has 0 aromatic carbocycles. The average Bonchev–Trinajstić information content (AvgIpc) is 2.22. The Bertz CT molecular complexity index is 245. The van der Waals surface area contributed by atoms with Gasteiger partial charge in [-0.3, -0.25) is 9.59 Å². The fourth-order valence-corrected chi connectivity index (χ4v) is 3.03. The summed E-state index contributed by atoms with van der Waals surface area (Å²) in [7, 11) is 3.19. The highest BCUT2D eigenvalue weighted by Crippen LogP contribution is 2.21. The van der Waals surface area contributed by atoms with Crippen molar-refractivity contribution in [3.63, 3.8) is 0 Å². The van der Waals surface area contributed by atoms with Crippen LogP contribution >= 0.6 is 21.6 Å². The van der Waals surface area contributed by atoms with E-state index in [0.717, 1.165) is 12.2 Å². The Morgan fingerprint density at radius 2 is 1.94 bits per heavy atom. The number of carbonyl (C=O) groups excluding carboxylic acids is 2. The smallest absolute Gasteiger partial charge is 0.231 e. The van der Waals surface area contributed by atoms with Crippen molar-refractivity contribution >= 4 is 33.4 Å². The molecule has 0 spiro atoms. The van der Waals surface area contributed by atoms with Crippen LogP contribution < -0.4 is 10.6 Å². The van der Waals surface area contributed by atoms with Crippen molar-refractivity contribution in [3.8, 4) is 0 Å². The predicted molar refractivity (Wildman–Crippen MR) is 80.3 cm³/mol. The largest absolute Gasteiger partial charge is 0.356 e. The summed E-state index contributed by atoms with van der Waals surface area (Å²) in [6, 6.07) is 0.200. The Kier molecular flexibility index (Phi) is 10.5. The standard InChI is InChI=1S/C11H22N2O2S2.2H2/c1-4-12-10(14)6-5-7-16-17-8-11(15)13-9(2)3;;/h9H,4-8H2,1-3H3,(H,12,14)(H,13,15);2*1H. The molecule has 0 saturated carbocycles. The molecular weight excluding hydrogens is 256 g/mol. The number of amides is 2. The normalized spacial score (nSPS) is 10.4. The van der Waals surface area contributed by atoms with Gasteiger partial charge >= 0.3 is 0 Å². The average molecular weight is 282 g/mol. The lowest BCUT2D eigenvalue weighted by Crippen LogP contribution is -2.31. The molecule has 0 saturated heterocycles. The summed E-state index contributed by atoms with van der Waals surface area (Å²) in [6.45, 7) is 6.50. The monoisotopic (exact) mass is 282 g/mol. The molecule has 0 aliphatic carbocycles. The molecule has 0 unspecified atom stereocenters. The number of nitrogens with one attached hydrogen (secondary N) is 2. The zero-order valence-electron chi connectivity index (χ0n) is 10.7. The van der Waals surface area contributed by atoms with E-state index in [1.165, 1.54) is 0 Å². The van der Waals surface area contributed by atoms with Gasteiger partial charge < -0.3 is 10.6 Å². The minimum Gasteiger partial charge on any atom is -0.356 e. The van der Waals surface area contributed by atoms with Crippen LogP contribution in [0, 0.1) is 0 Å². The van der Waals surface area contributed by atoms with Gasteiger partial charge in [-0.25, -0.2) is 0 Å². The highest BCUT2D eigenvalue weighted by atomic mass is 33.1. The number of carbonyl (C=O) groups is 2. The molecule has 0 aromatic heterocycles. The molecule has 0 bridgehead atoms. The minimum atomic E-state index is 0. The molecule has 2 amide bonds. The molecule has 0 fully saturated rings. The van der Waals surface area contributed by atoms with Gasteiger partial charge in [0.05, 0.1) is 5.75 Å². The first-order chi connectivity index (χ1) is 8.06. The zero-order valence-corrected chi connectivity index (χ0v) is 12.4. The number of rotatable bonds is 9. The molecular formula is C11H26N2O2S2. The Hall–Kier alpha value is -0.360. The quantitative estimate of drug-likeness (QED) is 0.503. The third kappa shape index (κ3) is 11.9. The van der Waals surface area contributed by atoms with E-state index in [-0.39, 0.29) is 20.7 Å². The third-order valence-electron chi connectivity index (χ3n) is 1.73. The van der Waals surface area contributed by atoms with Crippen LogP contribution in [0.2, 0.25) is 0 Å². The summed E-state index contributed by atoms with van der Waals surface area (Å²) in [6.07, 6.45) is 1.43. The Balaban J connectivity index is -0.00000128. The van der Waals surface area contributed by atoms with Crippen molar-refractivity contribution in [1.82, 2.24) is 10.6 Å². The predicted octanol–water partition coefficient (Wildman–Crippen LogP) is 2.30. The topological polar surface area (TPSA) is 58.2 Å². The second-order valence-electron chi connectivity index (χ2n) is 3.86. The second kappa shape index (κ2) is 10.8. The van der Waals surface area contributed by atoms with Gasteiger partial charge in [0.1, 0.15) is 0 Å². The van der Waals surface area contributed by atoms with Crippen LogP contribution in [-0.2, 0) is 9.59 Å². The Morgan fingerprint density at radius 3 is 2.53 bits per heavy atom. The number of hydrogen-bond donors (Lipinski definition) is 2. The minimum absolute atomic E-state index is 0. The van der Waals surface area contributed by atoms with Crippen LogP contribution in [-0.4, -0.2) is 35.9 Å². The first-order valence-corrected chi connectivity index (χ1v) is 8.35. The summed E-state index contributed by atoms with van der Waals surface area (Å²) < 4.78 is 0. The van der Waals surface area contributed by atoms with Crippen LogP contribution in [0.3, 0.4) is 0 Å². The molecule has 0 aromatic rings. The van der Waals surface area contributed by atoms with Gasteiger partial charge in [0.2, 0.25) is 11.8 Å². The van der Waals surface area contributed by atoms with Crippen LogP contribution in [0.4, 0.5) is 0 Å². The van der Waals surface area contributed by atoms with E-state index in [4.69, 9.17) is 0 Å². The summed E-state index contributed by atoms with van der Waals surface area (Å²) >= 11 is 0. The fraction of sp³-hybridized carbons (Fsp3) is 0.818. The van der Waals surface area contributed by atoms with Gasteiger partial charge in [-0.15, -0.1) is 0 Å². The second-order valence-corrected chi connectivity index (χ2v) is 6.45. The summed E-state index contributed by atoms with van der Waals surface area (Å²) in [5.74, 6) is 1.55. The maximum absolute atomic E-state index is 11.3. The maximum atomic E-state index is 11.3. The van der Waals surface area contributed by atoms with Crippen molar-refractivity contribution in [3.05, 3.63) is 0 Å². The molecule has 104 valence electrons. The number of hydrogen-bond acceptors (Lipinski definition) is 4. The molecule has 2 N–H and O–H groups in total. The van der Waals surface area contributed by atoms with Crippen LogP contribution in [0.1, 0.15) is 36.5 Å². The van der Waals surface area contributed by atoms with Crippen molar-refractivity contribution in [2.75, 3.05) is 18.1 Å². The highest BCUT2D eigenvalue weighted by molar-refractivity contribution is 8.76. The maximum Gasteiger partial charge on any atom is 0.231 e. The van der Waals surface area contributed by atoms with Gasteiger partial charge in [0, 0.05) is 27.6 Å². The van der Waals surface area contributed by atoms with Crippen molar-refractivity contribution in [2.45, 2.75) is 39.7 Å². The van der Waals surface area contributed by atoms with Crippen LogP contribution in [0.15, 0.2) is 0 Å². The third-order valence-corrected chi connectivity index (χ3v) is 4.08. The summed E-state index contributed by atoms with van der Waals surface area (Å²) in [4.78, 5) is 22.4. The summed E-state index contributed by atoms with van der Waals surface area (Å²) in [5, 5.41) is 5.59. The van der Waals surface area contributed by atoms with Gasteiger partial charge in [0.15, 0.2) is 0 Å². The van der Waals surface area contributed by atoms with Gasteiger partial charge in [-0.1, -0.05) is 21.6 Å². The molecule has 17 heavy (non-hydrogen) atoms. The molecule has 0 radical (unpaired) electrons. The Labute approximate surface area is 114 Å². The molecule has 0 aliphatic rings. The van der Waals surface area contributed by atoms with Crippen molar-refractivity contribution < 1.29 is 12.4 Å². The van der Waals surface area contributed by atoms with Gasteiger partial charge in [0.25, 0.3) is 0 Å². The lowest BCUT2D eigenvalue weighted by molar-refractivity contribution is -0.121. The highest BCUT2D eigenvalue weighted by Gasteiger charge is 2.03. The van der Waals surface area contributed by atoms with E-state index in [1.807, 2.05) is 20.8 Å². The van der Waals surface area contributed by atoms with E-state index < -0.39 is 0 Å². The lowest BCUT2D eigenvalue weighted by Gasteiger charge is -2.07. The van der Waals surface area contributed by atoms with Crippen molar-refractivity contribution in [1.29, 1.82) is 0 Å². The lowest BCUT2D eigenvalue weighted by atomic mass is 10.3. The molecule has 0 aliphatic heterocycles. The van der Waals surface area contributed by atoms with Crippen LogP contribution in [0.25, 0.3) is 0 Å². The summed E-state index contributed by atoms with van der Waals surface area (Å²) in [5.41, 5.74) is 0. The first-order valence-electron chi connectivity index (χ1n) is 5.86. The van der Waals surface area contributed by atoms with Crippen molar-refractivity contribution in [2.24, 2.45) is 0 Å². The van der Waals surface area contributed by atoms with Gasteiger partial charge in [-0.2, -0.15) is 0 Å². The van der Waals surface area contributed by atoms with E-state index in [9.17, 15) is 9.59 Å². The SMILES string of the molecule is CCNC(=O)CCCSSCC(=O)NC(C)C.[HH].[HH]. The van der Waals surface area contributed by atoms with Gasteiger partial charge in [-0.05, 0) is 27.2 Å². The first kappa shape index (κ1) is 16.6. The molecule has 0 atom stereocenters.